The van der Waals surface area contributed by atoms with Gasteiger partial charge in [0.15, 0.2) is 0 Å². The van der Waals surface area contributed by atoms with Crippen molar-refractivity contribution in [1.82, 2.24) is 5.32 Å². The van der Waals surface area contributed by atoms with E-state index in [1.807, 2.05) is 0 Å². The molecule has 0 aromatic carbocycles. The zero-order chi connectivity index (χ0) is 11.5. The highest BCUT2D eigenvalue weighted by Crippen LogP contribution is 2.33. The van der Waals surface area contributed by atoms with Crippen molar-refractivity contribution in [2.45, 2.75) is 59.5 Å². The lowest BCUT2D eigenvalue weighted by molar-refractivity contribution is 0.293. The standard InChI is InChI=1S/C13H27NS/c1-10(2)6-11(3)14-12-7-13(4,5)9-15-8-12/h10-12,14H,6-9H2,1-5H3. The predicted octanol–water partition coefficient (Wildman–Crippen LogP) is 3.54. The summed E-state index contributed by atoms with van der Waals surface area (Å²) >= 11 is 2.11. The second kappa shape index (κ2) is 5.58. The number of thioether (sulfide) groups is 1. The van der Waals surface area contributed by atoms with Crippen molar-refractivity contribution in [2.75, 3.05) is 11.5 Å². The molecule has 0 saturated carbocycles. The Kier molecular flexibility index (Phi) is 4.98. The monoisotopic (exact) mass is 229 g/mol. The first-order valence-corrected chi connectivity index (χ1v) is 7.38. The van der Waals surface area contributed by atoms with Gasteiger partial charge in [-0.1, -0.05) is 27.7 Å². The summed E-state index contributed by atoms with van der Waals surface area (Å²) in [7, 11) is 0. The van der Waals surface area contributed by atoms with E-state index in [2.05, 4.69) is 51.7 Å². The highest BCUT2D eigenvalue weighted by atomic mass is 32.2. The van der Waals surface area contributed by atoms with E-state index in [1.165, 1.54) is 24.3 Å². The molecule has 2 unspecified atom stereocenters. The molecule has 1 fully saturated rings. The minimum atomic E-state index is 0.526. The van der Waals surface area contributed by atoms with Crippen molar-refractivity contribution in [3.63, 3.8) is 0 Å². The van der Waals surface area contributed by atoms with Gasteiger partial charge in [0.25, 0.3) is 0 Å². The highest BCUT2D eigenvalue weighted by molar-refractivity contribution is 7.99. The molecule has 0 aromatic heterocycles. The third-order valence-electron chi connectivity index (χ3n) is 2.96. The van der Waals surface area contributed by atoms with Crippen molar-refractivity contribution < 1.29 is 0 Å². The second-order valence-corrected chi connectivity index (χ2v) is 7.31. The summed E-state index contributed by atoms with van der Waals surface area (Å²) in [6.07, 6.45) is 2.63. The van der Waals surface area contributed by atoms with Crippen molar-refractivity contribution in [2.24, 2.45) is 11.3 Å². The zero-order valence-electron chi connectivity index (χ0n) is 11.0. The maximum Gasteiger partial charge on any atom is 0.0166 e. The topological polar surface area (TPSA) is 12.0 Å². The van der Waals surface area contributed by atoms with Crippen LogP contribution in [0.15, 0.2) is 0 Å². The maximum atomic E-state index is 3.78. The van der Waals surface area contributed by atoms with Gasteiger partial charge in [0, 0.05) is 17.8 Å². The van der Waals surface area contributed by atoms with Crippen LogP contribution in [0.2, 0.25) is 0 Å². The normalized spacial score (nSPS) is 28.0. The Bertz CT molecular complexity index is 189. The average molecular weight is 229 g/mol. The van der Waals surface area contributed by atoms with E-state index < -0.39 is 0 Å². The fourth-order valence-electron chi connectivity index (χ4n) is 2.55. The van der Waals surface area contributed by atoms with E-state index in [1.54, 1.807) is 0 Å². The van der Waals surface area contributed by atoms with Crippen LogP contribution in [0.3, 0.4) is 0 Å². The molecule has 1 nitrogen and oxygen atoms in total. The van der Waals surface area contributed by atoms with Gasteiger partial charge in [-0.2, -0.15) is 11.8 Å². The van der Waals surface area contributed by atoms with Gasteiger partial charge in [-0.15, -0.1) is 0 Å². The first kappa shape index (κ1) is 13.4. The molecule has 2 heteroatoms. The van der Waals surface area contributed by atoms with E-state index in [0.29, 0.717) is 11.5 Å². The number of nitrogens with one attached hydrogen (secondary N) is 1. The van der Waals surface area contributed by atoms with Crippen LogP contribution in [0.1, 0.15) is 47.5 Å². The molecular weight excluding hydrogens is 202 g/mol. The summed E-state index contributed by atoms with van der Waals surface area (Å²) in [5.74, 6) is 3.42. The van der Waals surface area contributed by atoms with Crippen LogP contribution in [-0.4, -0.2) is 23.6 Å². The van der Waals surface area contributed by atoms with E-state index in [9.17, 15) is 0 Å². The summed E-state index contributed by atoms with van der Waals surface area (Å²) in [6, 6.07) is 1.40. The molecule has 1 heterocycles. The largest absolute Gasteiger partial charge is 0.311 e. The van der Waals surface area contributed by atoms with Crippen LogP contribution in [0.25, 0.3) is 0 Å². The van der Waals surface area contributed by atoms with Crippen LogP contribution >= 0.6 is 11.8 Å². The van der Waals surface area contributed by atoms with Crippen molar-refractivity contribution in [3.8, 4) is 0 Å². The summed E-state index contributed by atoms with van der Waals surface area (Å²) in [4.78, 5) is 0. The fourth-order valence-corrected chi connectivity index (χ4v) is 3.83. The summed E-state index contributed by atoms with van der Waals surface area (Å²) < 4.78 is 0. The van der Waals surface area contributed by atoms with Crippen molar-refractivity contribution >= 4 is 11.8 Å². The zero-order valence-corrected chi connectivity index (χ0v) is 11.8. The Hall–Kier alpha value is 0.310. The van der Waals surface area contributed by atoms with Gasteiger partial charge >= 0.3 is 0 Å². The van der Waals surface area contributed by atoms with Crippen molar-refractivity contribution in [3.05, 3.63) is 0 Å². The Morgan fingerprint density at radius 3 is 2.53 bits per heavy atom. The van der Waals surface area contributed by atoms with Gasteiger partial charge in [-0.3, -0.25) is 0 Å². The number of hydrogen-bond acceptors (Lipinski definition) is 2. The molecule has 1 aliphatic heterocycles. The molecule has 0 spiro atoms. The average Bonchev–Trinajstić information content (AvgIpc) is 1.99. The SMILES string of the molecule is CC(C)CC(C)NC1CSCC(C)(C)C1. The molecule has 0 bridgehead atoms. The third kappa shape index (κ3) is 5.26. The summed E-state index contributed by atoms with van der Waals surface area (Å²) in [6.45, 7) is 11.7. The maximum absolute atomic E-state index is 3.78. The van der Waals surface area contributed by atoms with E-state index >= 15 is 0 Å². The van der Waals surface area contributed by atoms with Gasteiger partial charge in [-0.05, 0) is 36.9 Å². The Morgan fingerprint density at radius 1 is 1.33 bits per heavy atom. The third-order valence-corrected chi connectivity index (χ3v) is 4.58. The Balaban J connectivity index is 2.31. The van der Waals surface area contributed by atoms with Crippen LogP contribution in [-0.2, 0) is 0 Å². The quantitative estimate of drug-likeness (QED) is 0.791. The molecule has 0 aliphatic carbocycles. The minimum Gasteiger partial charge on any atom is -0.311 e. The van der Waals surface area contributed by atoms with Crippen LogP contribution in [0.4, 0.5) is 0 Å². The smallest absolute Gasteiger partial charge is 0.0166 e. The van der Waals surface area contributed by atoms with E-state index in [-0.39, 0.29) is 0 Å². The van der Waals surface area contributed by atoms with Crippen LogP contribution < -0.4 is 5.32 Å². The van der Waals surface area contributed by atoms with Crippen LogP contribution in [0, 0.1) is 11.3 Å². The molecule has 15 heavy (non-hydrogen) atoms. The molecule has 0 amide bonds. The summed E-state index contributed by atoms with van der Waals surface area (Å²) in [5.41, 5.74) is 0.526. The summed E-state index contributed by atoms with van der Waals surface area (Å²) in [5, 5.41) is 3.78. The molecule has 1 rings (SSSR count). The Labute approximate surface area is 99.8 Å². The molecule has 1 N–H and O–H groups in total. The van der Waals surface area contributed by atoms with Gasteiger partial charge in [0.05, 0.1) is 0 Å². The fraction of sp³-hybridized carbons (Fsp3) is 1.00. The van der Waals surface area contributed by atoms with Crippen LogP contribution in [0.5, 0.6) is 0 Å². The lowest BCUT2D eigenvalue weighted by Crippen LogP contribution is -2.44. The predicted molar refractivity (Wildman–Crippen MR) is 71.6 cm³/mol. The highest BCUT2D eigenvalue weighted by Gasteiger charge is 2.28. The molecule has 0 aromatic rings. The first-order valence-electron chi connectivity index (χ1n) is 6.23. The second-order valence-electron chi connectivity index (χ2n) is 6.28. The molecule has 2 atom stereocenters. The minimum absolute atomic E-state index is 0.526. The van der Waals surface area contributed by atoms with E-state index in [0.717, 1.165) is 12.0 Å². The number of hydrogen-bond donors (Lipinski definition) is 1. The molecule has 1 aliphatic rings. The van der Waals surface area contributed by atoms with Gasteiger partial charge in [-0.25, -0.2) is 0 Å². The molecular formula is C13H27NS. The van der Waals surface area contributed by atoms with Gasteiger partial charge in [0.2, 0.25) is 0 Å². The molecule has 0 radical (unpaired) electrons. The van der Waals surface area contributed by atoms with Crippen molar-refractivity contribution in [1.29, 1.82) is 0 Å². The molecule has 90 valence electrons. The van der Waals surface area contributed by atoms with Gasteiger partial charge in [0.1, 0.15) is 0 Å². The lowest BCUT2D eigenvalue weighted by atomic mass is 9.87. The molecule has 1 saturated heterocycles. The lowest BCUT2D eigenvalue weighted by Gasteiger charge is -2.36. The number of rotatable bonds is 4. The Morgan fingerprint density at radius 2 is 2.00 bits per heavy atom. The first-order chi connectivity index (χ1) is 6.89. The van der Waals surface area contributed by atoms with E-state index in [4.69, 9.17) is 0 Å². The van der Waals surface area contributed by atoms with Gasteiger partial charge < -0.3 is 5.32 Å².